The quantitative estimate of drug-likeness (QED) is 0.592. The van der Waals surface area contributed by atoms with Crippen LogP contribution in [0.4, 0.5) is 0 Å². The molecule has 0 bridgehead atoms. The number of benzene rings is 1. The molecule has 18 heavy (non-hydrogen) atoms. The largest absolute Gasteiger partial charge is 0.490 e. The van der Waals surface area contributed by atoms with Gasteiger partial charge in [-0.05, 0) is 47.8 Å². The predicted molar refractivity (Wildman–Crippen MR) is 72.5 cm³/mol. The van der Waals surface area contributed by atoms with Crippen LogP contribution >= 0.6 is 15.9 Å². The molecule has 0 aromatic heterocycles. The summed E-state index contributed by atoms with van der Waals surface area (Å²) in [6, 6.07) is 3.35. The van der Waals surface area contributed by atoms with Crippen molar-refractivity contribution in [3.05, 3.63) is 22.2 Å². The van der Waals surface area contributed by atoms with Gasteiger partial charge < -0.3 is 14.6 Å². The Morgan fingerprint density at radius 2 is 2.11 bits per heavy atom. The Morgan fingerprint density at radius 3 is 2.72 bits per heavy atom. The van der Waals surface area contributed by atoms with Gasteiger partial charge in [0, 0.05) is 12.2 Å². The zero-order valence-corrected chi connectivity index (χ0v) is 11.9. The van der Waals surface area contributed by atoms with Crippen molar-refractivity contribution in [1.29, 1.82) is 0 Å². The summed E-state index contributed by atoms with van der Waals surface area (Å²) in [7, 11) is 0. The number of halogens is 1. The van der Waals surface area contributed by atoms with E-state index in [1.165, 1.54) is 0 Å². The summed E-state index contributed by atoms with van der Waals surface area (Å²) >= 11 is 3.36. The fraction of sp³-hybridized carbons (Fsp3) is 0.462. The molecular formula is C13H17BrO4. The number of aldehydes is 1. The summed E-state index contributed by atoms with van der Waals surface area (Å²) < 4.78 is 11.8. The molecule has 0 aliphatic rings. The van der Waals surface area contributed by atoms with Crippen LogP contribution in [0.15, 0.2) is 16.6 Å². The highest BCUT2D eigenvalue weighted by Crippen LogP contribution is 2.36. The molecule has 0 spiro atoms. The van der Waals surface area contributed by atoms with E-state index in [0.717, 1.165) is 12.7 Å². The summed E-state index contributed by atoms with van der Waals surface area (Å²) in [6.07, 6.45) is 2.24. The third kappa shape index (κ3) is 4.31. The Kier molecular flexibility index (Phi) is 6.75. The van der Waals surface area contributed by atoms with Crippen LogP contribution in [0.5, 0.6) is 11.5 Å². The van der Waals surface area contributed by atoms with Crippen molar-refractivity contribution in [2.24, 2.45) is 0 Å². The number of hydrogen-bond donors (Lipinski definition) is 1. The van der Waals surface area contributed by atoms with Crippen LogP contribution in [-0.4, -0.2) is 31.2 Å². The summed E-state index contributed by atoms with van der Waals surface area (Å²) in [4.78, 5) is 10.8. The predicted octanol–water partition coefficient (Wildman–Crippen LogP) is 2.81. The average Bonchev–Trinajstić information content (AvgIpc) is 2.37. The molecule has 0 atom stereocenters. The summed E-state index contributed by atoms with van der Waals surface area (Å²) in [5.41, 5.74) is 0.535. The van der Waals surface area contributed by atoms with Gasteiger partial charge in [0.1, 0.15) is 6.29 Å². The van der Waals surface area contributed by atoms with Crippen LogP contribution in [0, 0.1) is 0 Å². The molecule has 0 saturated carbocycles. The van der Waals surface area contributed by atoms with Crippen molar-refractivity contribution >= 4 is 22.2 Å². The number of carbonyl (C=O) groups is 1. The Hall–Kier alpha value is -1.07. The lowest BCUT2D eigenvalue weighted by atomic mass is 10.2. The number of ether oxygens (including phenoxy) is 2. The van der Waals surface area contributed by atoms with E-state index in [1.54, 1.807) is 12.1 Å². The van der Waals surface area contributed by atoms with Gasteiger partial charge >= 0.3 is 0 Å². The molecule has 1 rings (SSSR count). The Labute approximate surface area is 115 Å². The molecule has 4 nitrogen and oxygen atoms in total. The first-order valence-corrected chi connectivity index (χ1v) is 6.67. The lowest BCUT2D eigenvalue weighted by molar-refractivity contribution is 0.112. The molecule has 0 radical (unpaired) electrons. The first-order valence-electron chi connectivity index (χ1n) is 5.88. The van der Waals surface area contributed by atoms with Crippen LogP contribution in [-0.2, 0) is 0 Å². The van der Waals surface area contributed by atoms with Gasteiger partial charge in [0.2, 0.25) is 0 Å². The lowest BCUT2D eigenvalue weighted by Gasteiger charge is -2.14. The van der Waals surface area contributed by atoms with Crippen LogP contribution in [0.25, 0.3) is 0 Å². The third-order valence-corrected chi connectivity index (χ3v) is 2.86. The van der Waals surface area contributed by atoms with Gasteiger partial charge in [0.05, 0.1) is 17.7 Å². The Balaban J connectivity index is 2.82. The second-order valence-electron chi connectivity index (χ2n) is 3.66. The maximum atomic E-state index is 10.8. The molecule has 100 valence electrons. The molecule has 0 heterocycles. The number of aliphatic hydroxyl groups is 1. The van der Waals surface area contributed by atoms with Crippen molar-refractivity contribution in [2.45, 2.75) is 19.8 Å². The Bertz CT molecular complexity index is 393. The van der Waals surface area contributed by atoms with Crippen LogP contribution < -0.4 is 9.47 Å². The van der Waals surface area contributed by atoms with Gasteiger partial charge in [-0.15, -0.1) is 0 Å². The van der Waals surface area contributed by atoms with E-state index in [9.17, 15) is 4.79 Å². The van der Waals surface area contributed by atoms with Crippen molar-refractivity contribution < 1.29 is 19.4 Å². The fourth-order valence-corrected chi connectivity index (χ4v) is 2.02. The number of unbranched alkanes of at least 4 members (excludes halogenated alkanes) is 1. The topological polar surface area (TPSA) is 55.8 Å². The second kappa shape index (κ2) is 8.11. The summed E-state index contributed by atoms with van der Waals surface area (Å²) in [5, 5.41) is 8.70. The van der Waals surface area contributed by atoms with Crippen molar-refractivity contribution in [3.8, 4) is 11.5 Å². The second-order valence-corrected chi connectivity index (χ2v) is 4.51. The molecule has 1 aromatic rings. The van der Waals surface area contributed by atoms with Crippen LogP contribution in [0.1, 0.15) is 30.1 Å². The first kappa shape index (κ1) is 15.0. The van der Waals surface area contributed by atoms with Gasteiger partial charge in [-0.2, -0.15) is 0 Å². The standard InChI is InChI=1S/C13H17BrO4/c1-2-17-12-8-10(9-16)7-11(14)13(12)18-6-4-3-5-15/h7-9,15H,2-6H2,1H3. The van der Waals surface area contributed by atoms with Crippen LogP contribution in [0.3, 0.4) is 0 Å². The first-order chi connectivity index (χ1) is 8.72. The smallest absolute Gasteiger partial charge is 0.175 e. The lowest BCUT2D eigenvalue weighted by Crippen LogP contribution is -2.03. The molecule has 1 N–H and O–H groups in total. The Morgan fingerprint density at radius 1 is 1.33 bits per heavy atom. The van der Waals surface area contributed by atoms with Gasteiger partial charge in [-0.3, -0.25) is 4.79 Å². The van der Waals surface area contributed by atoms with E-state index in [-0.39, 0.29) is 6.61 Å². The third-order valence-electron chi connectivity index (χ3n) is 2.27. The molecule has 0 aliphatic heterocycles. The van der Waals surface area contributed by atoms with Gasteiger partial charge in [-0.25, -0.2) is 0 Å². The monoisotopic (exact) mass is 316 g/mol. The van der Waals surface area contributed by atoms with E-state index in [1.807, 2.05) is 6.92 Å². The van der Waals surface area contributed by atoms with E-state index in [0.29, 0.717) is 41.2 Å². The summed E-state index contributed by atoms with van der Waals surface area (Å²) in [5.74, 6) is 1.15. The van der Waals surface area contributed by atoms with E-state index >= 15 is 0 Å². The van der Waals surface area contributed by atoms with Crippen LogP contribution in [0.2, 0.25) is 0 Å². The average molecular weight is 317 g/mol. The molecule has 0 aliphatic carbocycles. The van der Waals surface area contributed by atoms with E-state index in [4.69, 9.17) is 14.6 Å². The highest BCUT2D eigenvalue weighted by Gasteiger charge is 2.11. The highest BCUT2D eigenvalue weighted by molar-refractivity contribution is 9.10. The molecule has 5 heteroatoms. The van der Waals surface area contributed by atoms with Crippen molar-refractivity contribution in [1.82, 2.24) is 0 Å². The van der Waals surface area contributed by atoms with E-state index in [2.05, 4.69) is 15.9 Å². The van der Waals surface area contributed by atoms with Crippen molar-refractivity contribution in [3.63, 3.8) is 0 Å². The molecule has 1 aromatic carbocycles. The molecule has 0 unspecified atom stereocenters. The zero-order valence-electron chi connectivity index (χ0n) is 10.3. The maximum absolute atomic E-state index is 10.8. The number of rotatable bonds is 8. The SMILES string of the molecule is CCOc1cc(C=O)cc(Br)c1OCCCCO. The van der Waals surface area contributed by atoms with Gasteiger partial charge in [-0.1, -0.05) is 0 Å². The van der Waals surface area contributed by atoms with Gasteiger partial charge in [0.15, 0.2) is 11.5 Å². The van der Waals surface area contributed by atoms with E-state index < -0.39 is 0 Å². The molecular weight excluding hydrogens is 300 g/mol. The number of carbonyl (C=O) groups excluding carboxylic acids is 1. The van der Waals surface area contributed by atoms with Crippen molar-refractivity contribution in [2.75, 3.05) is 19.8 Å². The molecule has 0 amide bonds. The molecule has 0 saturated heterocycles. The zero-order chi connectivity index (χ0) is 13.4. The fourth-order valence-electron chi connectivity index (χ4n) is 1.45. The normalized spacial score (nSPS) is 10.2. The maximum Gasteiger partial charge on any atom is 0.175 e. The summed E-state index contributed by atoms with van der Waals surface area (Å²) in [6.45, 7) is 3.03. The minimum Gasteiger partial charge on any atom is -0.490 e. The minimum absolute atomic E-state index is 0.160. The molecule has 0 fully saturated rings. The minimum atomic E-state index is 0.160. The number of hydrogen-bond acceptors (Lipinski definition) is 4. The number of aliphatic hydroxyl groups excluding tert-OH is 1. The highest BCUT2D eigenvalue weighted by atomic mass is 79.9. The van der Waals surface area contributed by atoms with Gasteiger partial charge in [0.25, 0.3) is 0 Å².